The van der Waals surface area contributed by atoms with Gasteiger partial charge in [0, 0.05) is 25.0 Å². The minimum atomic E-state index is -0.454. The van der Waals surface area contributed by atoms with Gasteiger partial charge in [-0.05, 0) is 25.1 Å². The van der Waals surface area contributed by atoms with Crippen LogP contribution >= 0.6 is 0 Å². The average Bonchev–Trinajstić information content (AvgIpc) is 3.16. The maximum Gasteiger partial charge on any atom is 0.315 e. The summed E-state index contributed by atoms with van der Waals surface area (Å²) in [5, 5.41) is 5.82. The molecule has 2 amide bonds. The monoisotopic (exact) mass is 394 g/mol. The number of para-hydroxylation sites is 1. The van der Waals surface area contributed by atoms with Crippen molar-refractivity contribution < 1.29 is 14.3 Å². The second kappa shape index (κ2) is 9.64. The van der Waals surface area contributed by atoms with Gasteiger partial charge in [0.1, 0.15) is 30.0 Å². The lowest BCUT2D eigenvalue weighted by Gasteiger charge is -2.21. The van der Waals surface area contributed by atoms with Crippen molar-refractivity contribution in [2.45, 2.75) is 13.0 Å². The molecule has 2 aromatic carbocycles. The van der Waals surface area contributed by atoms with Gasteiger partial charge >= 0.3 is 6.03 Å². The van der Waals surface area contributed by atoms with E-state index in [4.69, 9.17) is 9.47 Å². The SMILES string of the molecule is COc1ccccc1C(NC(=O)NCCOc1ccc(C)cc1)c1nccn1C. The van der Waals surface area contributed by atoms with Crippen LogP contribution in [0.1, 0.15) is 23.0 Å². The van der Waals surface area contributed by atoms with Crippen LogP contribution in [0.4, 0.5) is 4.79 Å². The Labute approximate surface area is 170 Å². The topological polar surface area (TPSA) is 77.4 Å². The Balaban J connectivity index is 1.62. The Kier molecular flexibility index (Phi) is 6.73. The predicted octanol–water partition coefficient (Wildman–Crippen LogP) is 3.20. The molecule has 0 radical (unpaired) electrons. The molecule has 1 aromatic heterocycles. The Morgan fingerprint density at radius 3 is 2.62 bits per heavy atom. The van der Waals surface area contributed by atoms with Crippen LogP contribution in [0, 0.1) is 6.92 Å². The highest BCUT2D eigenvalue weighted by Gasteiger charge is 2.23. The van der Waals surface area contributed by atoms with E-state index in [2.05, 4.69) is 15.6 Å². The zero-order valence-electron chi connectivity index (χ0n) is 16.9. The second-order valence-corrected chi connectivity index (χ2v) is 6.63. The summed E-state index contributed by atoms with van der Waals surface area (Å²) < 4.78 is 13.0. The number of amides is 2. The number of methoxy groups -OCH3 is 1. The number of ether oxygens (including phenoxy) is 2. The van der Waals surface area contributed by atoms with Gasteiger partial charge < -0.3 is 24.7 Å². The van der Waals surface area contributed by atoms with E-state index in [-0.39, 0.29) is 6.03 Å². The summed E-state index contributed by atoms with van der Waals surface area (Å²) in [6.07, 6.45) is 3.54. The molecule has 1 unspecified atom stereocenters. The van der Waals surface area contributed by atoms with Gasteiger partial charge in [-0.25, -0.2) is 9.78 Å². The van der Waals surface area contributed by atoms with E-state index in [9.17, 15) is 4.79 Å². The Hall–Kier alpha value is -3.48. The molecule has 0 fully saturated rings. The normalized spacial score (nSPS) is 11.6. The van der Waals surface area contributed by atoms with E-state index >= 15 is 0 Å². The molecule has 0 aliphatic carbocycles. The number of nitrogens with zero attached hydrogens (tertiary/aromatic N) is 2. The van der Waals surface area contributed by atoms with Crippen molar-refractivity contribution in [3.63, 3.8) is 0 Å². The van der Waals surface area contributed by atoms with Crippen LogP contribution < -0.4 is 20.1 Å². The van der Waals surface area contributed by atoms with Crippen molar-refractivity contribution in [3.05, 3.63) is 77.9 Å². The first-order valence-corrected chi connectivity index (χ1v) is 9.42. The number of imidazole rings is 1. The van der Waals surface area contributed by atoms with Gasteiger partial charge in [-0.3, -0.25) is 0 Å². The van der Waals surface area contributed by atoms with Crippen molar-refractivity contribution in [2.24, 2.45) is 7.05 Å². The predicted molar refractivity (Wildman–Crippen MR) is 111 cm³/mol. The fourth-order valence-electron chi connectivity index (χ4n) is 2.99. The number of aryl methyl sites for hydroxylation is 2. The van der Waals surface area contributed by atoms with E-state index in [0.29, 0.717) is 24.7 Å². The maximum absolute atomic E-state index is 12.5. The van der Waals surface area contributed by atoms with Gasteiger partial charge in [0.2, 0.25) is 0 Å². The minimum Gasteiger partial charge on any atom is -0.496 e. The smallest absolute Gasteiger partial charge is 0.315 e. The standard InChI is InChI=1S/C22H26N4O3/c1-16-8-10-17(11-9-16)29-15-13-24-22(27)25-20(21-23-12-14-26(21)2)18-6-4-5-7-19(18)28-3/h4-12,14,20H,13,15H2,1-3H3,(H2,24,25,27). The summed E-state index contributed by atoms with van der Waals surface area (Å²) in [5.41, 5.74) is 2.00. The number of aromatic nitrogens is 2. The van der Waals surface area contributed by atoms with Crippen molar-refractivity contribution in [2.75, 3.05) is 20.3 Å². The number of carbonyl (C=O) groups excluding carboxylic acids is 1. The number of nitrogens with one attached hydrogen (secondary N) is 2. The molecule has 0 bridgehead atoms. The highest BCUT2D eigenvalue weighted by atomic mass is 16.5. The summed E-state index contributed by atoms with van der Waals surface area (Å²) in [7, 11) is 3.50. The van der Waals surface area contributed by atoms with Crippen molar-refractivity contribution in [3.8, 4) is 11.5 Å². The van der Waals surface area contributed by atoms with Crippen LogP contribution in [0.5, 0.6) is 11.5 Å². The van der Waals surface area contributed by atoms with Crippen molar-refractivity contribution in [1.82, 2.24) is 20.2 Å². The Morgan fingerprint density at radius 2 is 1.93 bits per heavy atom. The first-order chi connectivity index (χ1) is 14.1. The lowest BCUT2D eigenvalue weighted by molar-refractivity contribution is 0.233. The lowest BCUT2D eigenvalue weighted by atomic mass is 10.0. The molecule has 1 atom stereocenters. The van der Waals surface area contributed by atoms with E-state index < -0.39 is 6.04 Å². The molecule has 0 saturated carbocycles. The van der Waals surface area contributed by atoms with Gasteiger partial charge in [-0.1, -0.05) is 35.9 Å². The molecule has 0 aliphatic rings. The van der Waals surface area contributed by atoms with E-state index in [1.165, 1.54) is 5.56 Å². The quantitative estimate of drug-likeness (QED) is 0.575. The zero-order chi connectivity index (χ0) is 20.6. The first-order valence-electron chi connectivity index (χ1n) is 9.42. The molecule has 7 nitrogen and oxygen atoms in total. The zero-order valence-corrected chi connectivity index (χ0v) is 16.9. The van der Waals surface area contributed by atoms with Crippen LogP contribution in [0.3, 0.4) is 0 Å². The number of rotatable bonds is 8. The molecule has 0 saturated heterocycles. The molecule has 29 heavy (non-hydrogen) atoms. The molecular formula is C22H26N4O3. The molecule has 3 rings (SSSR count). The molecule has 0 spiro atoms. The summed E-state index contributed by atoms with van der Waals surface area (Å²) in [5.74, 6) is 2.17. The second-order valence-electron chi connectivity index (χ2n) is 6.63. The fourth-order valence-corrected chi connectivity index (χ4v) is 2.99. The van der Waals surface area contributed by atoms with Crippen LogP contribution in [-0.4, -0.2) is 35.8 Å². The van der Waals surface area contributed by atoms with Crippen LogP contribution in [-0.2, 0) is 7.05 Å². The number of hydrogen-bond acceptors (Lipinski definition) is 4. The van der Waals surface area contributed by atoms with Crippen LogP contribution in [0.2, 0.25) is 0 Å². The molecule has 1 heterocycles. The number of benzene rings is 2. The van der Waals surface area contributed by atoms with Crippen LogP contribution in [0.15, 0.2) is 60.9 Å². The van der Waals surface area contributed by atoms with Crippen LogP contribution in [0.25, 0.3) is 0 Å². The van der Waals surface area contributed by atoms with Gasteiger partial charge in [-0.15, -0.1) is 0 Å². The van der Waals surface area contributed by atoms with Gasteiger partial charge in [0.15, 0.2) is 0 Å². The third-order valence-corrected chi connectivity index (χ3v) is 4.52. The van der Waals surface area contributed by atoms with E-state index in [1.807, 2.05) is 73.3 Å². The van der Waals surface area contributed by atoms with Crippen molar-refractivity contribution in [1.29, 1.82) is 0 Å². The highest BCUT2D eigenvalue weighted by Crippen LogP contribution is 2.28. The van der Waals surface area contributed by atoms with E-state index in [1.54, 1.807) is 13.3 Å². The first kappa shape index (κ1) is 20.3. The molecular weight excluding hydrogens is 368 g/mol. The summed E-state index contributed by atoms with van der Waals surface area (Å²) >= 11 is 0. The summed E-state index contributed by atoms with van der Waals surface area (Å²) in [6, 6.07) is 14.6. The molecule has 3 aromatic rings. The summed E-state index contributed by atoms with van der Waals surface area (Å²) in [4.78, 5) is 16.9. The summed E-state index contributed by atoms with van der Waals surface area (Å²) in [6.45, 7) is 2.77. The largest absolute Gasteiger partial charge is 0.496 e. The number of carbonyl (C=O) groups is 1. The van der Waals surface area contributed by atoms with Gasteiger partial charge in [0.25, 0.3) is 0 Å². The van der Waals surface area contributed by atoms with Gasteiger partial charge in [-0.2, -0.15) is 0 Å². The Bertz CT molecular complexity index is 937. The highest BCUT2D eigenvalue weighted by molar-refractivity contribution is 5.75. The fraction of sp³-hybridized carbons (Fsp3) is 0.273. The third-order valence-electron chi connectivity index (χ3n) is 4.52. The molecule has 7 heteroatoms. The average molecular weight is 394 g/mol. The van der Waals surface area contributed by atoms with Crippen molar-refractivity contribution >= 4 is 6.03 Å². The molecule has 0 aliphatic heterocycles. The molecule has 152 valence electrons. The number of hydrogen-bond donors (Lipinski definition) is 2. The molecule has 2 N–H and O–H groups in total. The number of urea groups is 1. The van der Waals surface area contributed by atoms with Gasteiger partial charge in [0.05, 0.1) is 13.7 Å². The Morgan fingerprint density at radius 1 is 1.17 bits per heavy atom. The van der Waals surface area contributed by atoms with E-state index in [0.717, 1.165) is 11.3 Å². The minimum absolute atomic E-state index is 0.309. The lowest BCUT2D eigenvalue weighted by Crippen LogP contribution is -2.40. The maximum atomic E-state index is 12.5. The third kappa shape index (κ3) is 5.28.